The smallest absolute Gasteiger partial charge is 0.141 e. The molecule has 0 unspecified atom stereocenters. The van der Waals surface area contributed by atoms with Gasteiger partial charge in [0.1, 0.15) is 17.2 Å². The van der Waals surface area contributed by atoms with Gasteiger partial charge < -0.3 is 15.0 Å². The summed E-state index contributed by atoms with van der Waals surface area (Å²) in [5.74, 6) is 0.340. The van der Waals surface area contributed by atoms with E-state index in [1.807, 2.05) is 36.4 Å². The largest absolute Gasteiger partial charge is 0.497 e. The number of ether oxygens (including phenoxy) is 1. The van der Waals surface area contributed by atoms with Gasteiger partial charge in [0.25, 0.3) is 0 Å². The van der Waals surface area contributed by atoms with Crippen molar-refractivity contribution in [2.24, 2.45) is 0 Å². The van der Waals surface area contributed by atoms with Crippen molar-refractivity contribution in [1.29, 1.82) is 0 Å². The van der Waals surface area contributed by atoms with Crippen LogP contribution in [0.15, 0.2) is 60.8 Å². The summed E-state index contributed by atoms with van der Waals surface area (Å²) in [6, 6.07) is 16.2. The summed E-state index contributed by atoms with van der Waals surface area (Å²) in [6.45, 7) is 0. The van der Waals surface area contributed by atoms with E-state index in [4.69, 9.17) is 16.3 Å². The van der Waals surface area contributed by atoms with E-state index in [-0.39, 0.29) is 5.02 Å². The fraction of sp³-hybridized carbons (Fsp3) is 0.0500. The molecule has 4 nitrogen and oxygen atoms in total. The maximum Gasteiger partial charge on any atom is 0.141 e. The molecule has 2 aromatic heterocycles. The number of benzene rings is 2. The summed E-state index contributed by atoms with van der Waals surface area (Å²) in [5.41, 5.74) is 4.23. The van der Waals surface area contributed by atoms with Crippen molar-refractivity contribution >= 4 is 34.0 Å². The molecule has 2 aromatic carbocycles. The second kappa shape index (κ2) is 6.69. The first-order valence-corrected chi connectivity index (χ1v) is 8.36. The molecule has 0 aliphatic carbocycles. The number of aromatic amines is 1. The topological polar surface area (TPSA) is 49.9 Å². The number of fused-ring (bicyclic) bond motifs is 1. The molecule has 0 saturated carbocycles. The zero-order valence-corrected chi connectivity index (χ0v) is 14.6. The fourth-order valence-corrected chi connectivity index (χ4v) is 2.99. The van der Waals surface area contributed by atoms with Crippen molar-refractivity contribution in [2.45, 2.75) is 0 Å². The highest BCUT2D eigenvalue weighted by Gasteiger charge is 2.10. The zero-order chi connectivity index (χ0) is 18.1. The van der Waals surface area contributed by atoms with Crippen LogP contribution in [-0.2, 0) is 0 Å². The second-order valence-corrected chi connectivity index (χ2v) is 6.20. The van der Waals surface area contributed by atoms with Gasteiger partial charge in [-0.15, -0.1) is 0 Å². The molecule has 0 aliphatic rings. The van der Waals surface area contributed by atoms with Gasteiger partial charge in [-0.3, -0.25) is 0 Å². The molecule has 0 amide bonds. The maximum atomic E-state index is 13.4. The molecule has 130 valence electrons. The van der Waals surface area contributed by atoms with E-state index in [1.165, 1.54) is 6.07 Å². The number of pyridine rings is 1. The number of anilines is 2. The quantitative estimate of drug-likeness (QED) is 0.481. The van der Waals surface area contributed by atoms with Crippen LogP contribution in [0.5, 0.6) is 5.75 Å². The van der Waals surface area contributed by atoms with Gasteiger partial charge in [0.15, 0.2) is 0 Å². The standard InChI is InChI=1S/C20H15ClFN3O/c1-26-14-4-2-3-12(9-14)19-11-15-18(7-8-23-20(15)25-19)24-13-5-6-17(22)16(21)10-13/h2-11H,1H3,(H2,23,24,25). The number of hydrogen-bond donors (Lipinski definition) is 2. The predicted octanol–water partition coefficient (Wildman–Crippen LogP) is 5.77. The number of methoxy groups -OCH3 is 1. The minimum atomic E-state index is -0.445. The third-order valence-corrected chi connectivity index (χ3v) is 4.40. The van der Waals surface area contributed by atoms with Gasteiger partial charge in [0.2, 0.25) is 0 Å². The molecule has 6 heteroatoms. The summed E-state index contributed by atoms with van der Waals surface area (Å²) >= 11 is 5.87. The first kappa shape index (κ1) is 16.4. The van der Waals surface area contributed by atoms with Crippen LogP contribution in [-0.4, -0.2) is 17.1 Å². The van der Waals surface area contributed by atoms with Crippen LogP contribution in [0.4, 0.5) is 15.8 Å². The van der Waals surface area contributed by atoms with Crippen LogP contribution in [0.2, 0.25) is 5.02 Å². The first-order chi connectivity index (χ1) is 12.6. The molecule has 2 heterocycles. The Morgan fingerprint density at radius 1 is 1.12 bits per heavy atom. The lowest BCUT2D eigenvalue weighted by Crippen LogP contribution is -1.92. The van der Waals surface area contributed by atoms with E-state index >= 15 is 0 Å². The van der Waals surface area contributed by atoms with Gasteiger partial charge in [-0.1, -0.05) is 23.7 Å². The average molecular weight is 368 g/mol. The van der Waals surface area contributed by atoms with Crippen LogP contribution >= 0.6 is 11.6 Å². The van der Waals surface area contributed by atoms with Crippen LogP contribution in [0, 0.1) is 5.82 Å². The molecule has 2 N–H and O–H groups in total. The van der Waals surface area contributed by atoms with Crippen LogP contribution in [0.25, 0.3) is 22.3 Å². The molecular formula is C20H15ClFN3O. The minimum Gasteiger partial charge on any atom is -0.497 e. The monoisotopic (exact) mass is 367 g/mol. The molecular weight excluding hydrogens is 353 g/mol. The molecule has 0 radical (unpaired) electrons. The van der Waals surface area contributed by atoms with E-state index in [2.05, 4.69) is 15.3 Å². The Hall–Kier alpha value is -3.05. The highest BCUT2D eigenvalue weighted by molar-refractivity contribution is 6.31. The van der Waals surface area contributed by atoms with Gasteiger partial charge in [-0.25, -0.2) is 9.37 Å². The predicted molar refractivity (Wildman–Crippen MR) is 103 cm³/mol. The molecule has 0 aliphatic heterocycles. The number of halogens is 2. The second-order valence-electron chi connectivity index (χ2n) is 5.79. The van der Waals surface area contributed by atoms with Crippen LogP contribution < -0.4 is 10.1 Å². The van der Waals surface area contributed by atoms with Gasteiger partial charge >= 0.3 is 0 Å². The molecule has 0 bridgehead atoms. The number of aromatic nitrogens is 2. The van der Waals surface area contributed by atoms with E-state index < -0.39 is 5.82 Å². The average Bonchev–Trinajstić information content (AvgIpc) is 3.10. The lowest BCUT2D eigenvalue weighted by molar-refractivity contribution is 0.415. The van der Waals surface area contributed by atoms with Crippen molar-refractivity contribution in [1.82, 2.24) is 9.97 Å². The van der Waals surface area contributed by atoms with E-state index in [1.54, 1.807) is 25.4 Å². The van der Waals surface area contributed by atoms with Crippen molar-refractivity contribution in [3.05, 3.63) is 71.6 Å². The summed E-state index contributed by atoms with van der Waals surface area (Å²) in [5, 5.41) is 4.26. The van der Waals surface area contributed by atoms with Crippen LogP contribution in [0.1, 0.15) is 0 Å². The van der Waals surface area contributed by atoms with E-state index in [0.717, 1.165) is 33.7 Å². The number of nitrogens with zero attached hydrogens (tertiary/aromatic N) is 1. The zero-order valence-electron chi connectivity index (χ0n) is 13.9. The molecule has 0 fully saturated rings. The van der Waals surface area contributed by atoms with Crippen molar-refractivity contribution in [3.63, 3.8) is 0 Å². The summed E-state index contributed by atoms with van der Waals surface area (Å²) in [6.07, 6.45) is 1.71. The van der Waals surface area contributed by atoms with E-state index in [0.29, 0.717) is 5.69 Å². The molecule has 0 saturated heterocycles. The summed E-state index contributed by atoms with van der Waals surface area (Å²) in [4.78, 5) is 7.71. The van der Waals surface area contributed by atoms with Gasteiger partial charge in [-0.2, -0.15) is 0 Å². The summed E-state index contributed by atoms with van der Waals surface area (Å²) < 4.78 is 18.6. The minimum absolute atomic E-state index is 0.0754. The number of rotatable bonds is 4. The summed E-state index contributed by atoms with van der Waals surface area (Å²) in [7, 11) is 1.64. The third kappa shape index (κ3) is 3.09. The first-order valence-electron chi connectivity index (χ1n) is 7.98. The van der Waals surface area contributed by atoms with E-state index in [9.17, 15) is 4.39 Å². The third-order valence-electron chi connectivity index (χ3n) is 4.11. The molecule has 4 aromatic rings. The molecule has 26 heavy (non-hydrogen) atoms. The Balaban J connectivity index is 1.74. The maximum absolute atomic E-state index is 13.4. The Bertz CT molecular complexity index is 1090. The van der Waals surface area contributed by atoms with Crippen LogP contribution in [0.3, 0.4) is 0 Å². The molecule has 4 rings (SSSR count). The Kier molecular flexibility index (Phi) is 4.22. The SMILES string of the molecule is COc1cccc(-c2cc3c(Nc4ccc(F)c(Cl)c4)ccnc3[nH]2)c1. The highest BCUT2D eigenvalue weighted by atomic mass is 35.5. The normalized spacial score (nSPS) is 10.9. The van der Waals surface area contributed by atoms with Crippen molar-refractivity contribution < 1.29 is 9.13 Å². The molecule has 0 spiro atoms. The highest BCUT2D eigenvalue weighted by Crippen LogP contribution is 2.31. The number of nitrogens with one attached hydrogen (secondary N) is 2. The lowest BCUT2D eigenvalue weighted by Gasteiger charge is -2.08. The van der Waals surface area contributed by atoms with Gasteiger partial charge in [0, 0.05) is 28.5 Å². The molecule has 0 atom stereocenters. The Morgan fingerprint density at radius 2 is 2.00 bits per heavy atom. The number of hydrogen-bond acceptors (Lipinski definition) is 3. The Morgan fingerprint density at radius 3 is 2.81 bits per heavy atom. The Labute approximate surface area is 154 Å². The van der Waals surface area contributed by atoms with Crippen molar-refractivity contribution in [3.8, 4) is 17.0 Å². The van der Waals surface area contributed by atoms with Crippen molar-refractivity contribution in [2.75, 3.05) is 12.4 Å². The lowest BCUT2D eigenvalue weighted by atomic mass is 10.1. The number of H-pyrrole nitrogens is 1. The van der Waals surface area contributed by atoms with Gasteiger partial charge in [0.05, 0.1) is 17.8 Å². The fourth-order valence-electron chi connectivity index (χ4n) is 2.81. The van der Waals surface area contributed by atoms with Gasteiger partial charge in [-0.05, 0) is 42.5 Å².